The lowest BCUT2D eigenvalue weighted by Crippen LogP contribution is -2.42. The summed E-state index contributed by atoms with van der Waals surface area (Å²) in [6.45, 7) is 0.717. The van der Waals surface area contributed by atoms with E-state index in [2.05, 4.69) is 5.10 Å². The number of rotatable bonds is 2. The van der Waals surface area contributed by atoms with E-state index in [9.17, 15) is 4.79 Å². The summed E-state index contributed by atoms with van der Waals surface area (Å²) in [5, 5.41) is 4.08. The molecular formula is C13H18N2O2S. The quantitative estimate of drug-likeness (QED) is 0.767. The second kappa shape index (κ2) is 4.70. The van der Waals surface area contributed by atoms with Gasteiger partial charge in [-0.2, -0.15) is 16.9 Å². The maximum Gasteiger partial charge on any atom is 0.184 e. The Morgan fingerprint density at radius 3 is 3.22 bits per heavy atom. The molecule has 18 heavy (non-hydrogen) atoms. The van der Waals surface area contributed by atoms with Crippen LogP contribution in [0.15, 0.2) is 12.3 Å². The van der Waals surface area contributed by atoms with Crippen molar-refractivity contribution >= 4 is 17.5 Å². The number of hydrogen-bond acceptors (Lipinski definition) is 4. The Kier molecular flexibility index (Phi) is 3.20. The third-order valence-electron chi connectivity index (χ3n) is 4.00. The smallest absolute Gasteiger partial charge is 0.184 e. The van der Waals surface area contributed by atoms with E-state index in [1.54, 1.807) is 10.9 Å². The molecule has 2 saturated heterocycles. The normalized spacial score (nSPS) is 31.9. The second-order valence-electron chi connectivity index (χ2n) is 5.23. The molecule has 0 saturated carbocycles. The van der Waals surface area contributed by atoms with Gasteiger partial charge in [0.1, 0.15) is 5.69 Å². The number of aromatic nitrogens is 2. The zero-order chi connectivity index (χ0) is 12.6. The molecular weight excluding hydrogens is 248 g/mol. The Bertz CT molecular complexity index is 452. The third-order valence-corrected chi connectivity index (χ3v) is 5.23. The standard InChI is InChI=1S/C13H18N2O2S/c1-15-11(2-5-14-15)12(16)10-3-6-17-13(8-10)4-7-18-9-13/h2,5,10H,3-4,6-9H2,1H3. The van der Waals surface area contributed by atoms with Crippen LogP contribution in [0.5, 0.6) is 0 Å². The molecule has 0 amide bonds. The number of thioether (sulfide) groups is 1. The largest absolute Gasteiger partial charge is 0.374 e. The minimum absolute atomic E-state index is 0.0260. The average molecular weight is 266 g/mol. The van der Waals surface area contributed by atoms with Gasteiger partial charge in [-0.1, -0.05) is 0 Å². The summed E-state index contributed by atoms with van der Waals surface area (Å²) in [6.07, 6.45) is 4.50. The molecule has 0 radical (unpaired) electrons. The fourth-order valence-electron chi connectivity index (χ4n) is 2.94. The molecule has 1 aromatic rings. The Balaban J connectivity index is 1.76. The van der Waals surface area contributed by atoms with Crippen LogP contribution in [0, 0.1) is 5.92 Å². The van der Waals surface area contributed by atoms with Crippen molar-refractivity contribution < 1.29 is 9.53 Å². The summed E-state index contributed by atoms with van der Waals surface area (Å²) in [6, 6.07) is 1.81. The summed E-state index contributed by atoms with van der Waals surface area (Å²) < 4.78 is 7.63. The van der Waals surface area contributed by atoms with Gasteiger partial charge in [0.25, 0.3) is 0 Å². The van der Waals surface area contributed by atoms with Crippen LogP contribution in [-0.4, -0.2) is 39.3 Å². The molecule has 2 fully saturated rings. The Morgan fingerprint density at radius 1 is 1.67 bits per heavy atom. The number of hydrogen-bond donors (Lipinski definition) is 0. The van der Waals surface area contributed by atoms with Crippen LogP contribution in [0.3, 0.4) is 0 Å². The van der Waals surface area contributed by atoms with Gasteiger partial charge in [0.15, 0.2) is 5.78 Å². The number of Topliss-reactive ketones (excluding diaryl/α,β-unsaturated/α-hetero) is 1. The predicted octanol–water partition coefficient (Wildman–Crippen LogP) is 1.91. The molecule has 0 aliphatic carbocycles. The summed E-state index contributed by atoms with van der Waals surface area (Å²) >= 11 is 1.94. The van der Waals surface area contributed by atoms with E-state index >= 15 is 0 Å². The van der Waals surface area contributed by atoms with E-state index in [0.717, 1.165) is 43.1 Å². The maximum atomic E-state index is 12.5. The SMILES string of the molecule is Cn1nccc1C(=O)C1CCOC2(CCSC2)C1. The van der Waals surface area contributed by atoms with Gasteiger partial charge in [0.05, 0.1) is 5.60 Å². The minimum Gasteiger partial charge on any atom is -0.374 e. The van der Waals surface area contributed by atoms with Crippen LogP contribution in [0.1, 0.15) is 29.8 Å². The molecule has 4 nitrogen and oxygen atoms in total. The van der Waals surface area contributed by atoms with Gasteiger partial charge in [0, 0.05) is 31.5 Å². The van der Waals surface area contributed by atoms with Gasteiger partial charge in [-0.3, -0.25) is 9.48 Å². The molecule has 3 rings (SSSR count). The average Bonchev–Trinajstić information content (AvgIpc) is 2.98. The van der Waals surface area contributed by atoms with Crippen molar-refractivity contribution in [3.8, 4) is 0 Å². The van der Waals surface area contributed by atoms with Crippen LogP contribution < -0.4 is 0 Å². The zero-order valence-electron chi connectivity index (χ0n) is 10.6. The highest BCUT2D eigenvalue weighted by Gasteiger charge is 2.42. The predicted molar refractivity (Wildman–Crippen MR) is 70.9 cm³/mol. The van der Waals surface area contributed by atoms with Gasteiger partial charge in [0.2, 0.25) is 0 Å². The topological polar surface area (TPSA) is 44.1 Å². The Labute approximate surface area is 111 Å². The van der Waals surface area contributed by atoms with Crippen molar-refractivity contribution in [2.75, 3.05) is 18.1 Å². The zero-order valence-corrected chi connectivity index (χ0v) is 11.4. The van der Waals surface area contributed by atoms with Gasteiger partial charge in [-0.25, -0.2) is 0 Å². The molecule has 2 aliphatic heterocycles. The lowest BCUT2D eigenvalue weighted by Gasteiger charge is -2.37. The highest BCUT2D eigenvalue weighted by Crippen LogP contribution is 2.41. The Morgan fingerprint density at radius 2 is 2.56 bits per heavy atom. The van der Waals surface area contributed by atoms with Crippen molar-refractivity contribution in [1.29, 1.82) is 0 Å². The number of carbonyl (C=O) groups excluding carboxylic acids is 1. The molecule has 2 atom stereocenters. The monoisotopic (exact) mass is 266 g/mol. The highest BCUT2D eigenvalue weighted by atomic mass is 32.2. The number of aryl methyl sites for hydroxylation is 1. The fourth-order valence-corrected chi connectivity index (χ4v) is 4.32. The minimum atomic E-state index is -0.0260. The van der Waals surface area contributed by atoms with Gasteiger partial charge < -0.3 is 4.74 Å². The first kappa shape index (κ1) is 12.2. The van der Waals surface area contributed by atoms with Crippen LogP contribution in [-0.2, 0) is 11.8 Å². The molecule has 0 N–H and O–H groups in total. The molecule has 2 unspecified atom stereocenters. The first-order valence-electron chi connectivity index (χ1n) is 6.44. The summed E-state index contributed by atoms with van der Waals surface area (Å²) in [7, 11) is 1.83. The van der Waals surface area contributed by atoms with Gasteiger partial charge in [-0.15, -0.1) is 0 Å². The number of carbonyl (C=O) groups is 1. The number of ketones is 1. The van der Waals surface area contributed by atoms with Crippen molar-refractivity contribution in [2.24, 2.45) is 13.0 Å². The fraction of sp³-hybridized carbons (Fsp3) is 0.692. The highest BCUT2D eigenvalue weighted by molar-refractivity contribution is 7.99. The van der Waals surface area contributed by atoms with E-state index in [-0.39, 0.29) is 17.3 Å². The first-order chi connectivity index (χ1) is 8.70. The van der Waals surface area contributed by atoms with Crippen molar-refractivity contribution in [3.05, 3.63) is 18.0 Å². The molecule has 98 valence electrons. The van der Waals surface area contributed by atoms with Crippen LogP contribution >= 0.6 is 11.8 Å². The second-order valence-corrected chi connectivity index (χ2v) is 6.33. The van der Waals surface area contributed by atoms with Crippen molar-refractivity contribution in [3.63, 3.8) is 0 Å². The lowest BCUT2D eigenvalue weighted by molar-refractivity contribution is -0.0735. The molecule has 5 heteroatoms. The maximum absolute atomic E-state index is 12.5. The van der Waals surface area contributed by atoms with Crippen LogP contribution in [0.25, 0.3) is 0 Å². The van der Waals surface area contributed by atoms with Crippen molar-refractivity contribution in [1.82, 2.24) is 9.78 Å². The number of nitrogens with zero attached hydrogens (tertiary/aromatic N) is 2. The molecule has 2 aliphatic rings. The molecule has 0 aromatic carbocycles. The molecule has 0 bridgehead atoms. The van der Waals surface area contributed by atoms with E-state index in [1.807, 2.05) is 24.9 Å². The van der Waals surface area contributed by atoms with E-state index in [1.165, 1.54) is 0 Å². The third kappa shape index (κ3) is 2.10. The van der Waals surface area contributed by atoms with E-state index in [0.29, 0.717) is 0 Å². The van der Waals surface area contributed by atoms with Gasteiger partial charge >= 0.3 is 0 Å². The Hall–Kier alpha value is -0.810. The van der Waals surface area contributed by atoms with Crippen molar-refractivity contribution in [2.45, 2.75) is 24.9 Å². The summed E-state index contributed by atoms with van der Waals surface area (Å²) in [5.41, 5.74) is 0.699. The summed E-state index contributed by atoms with van der Waals surface area (Å²) in [5.74, 6) is 2.54. The van der Waals surface area contributed by atoms with E-state index in [4.69, 9.17) is 4.74 Å². The lowest BCUT2D eigenvalue weighted by atomic mass is 9.82. The van der Waals surface area contributed by atoms with Gasteiger partial charge in [-0.05, 0) is 31.1 Å². The molecule has 1 spiro atoms. The van der Waals surface area contributed by atoms with Crippen LogP contribution in [0.4, 0.5) is 0 Å². The first-order valence-corrected chi connectivity index (χ1v) is 7.60. The van der Waals surface area contributed by atoms with Crippen LogP contribution in [0.2, 0.25) is 0 Å². The molecule has 3 heterocycles. The summed E-state index contributed by atoms with van der Waals surface area (Å²) in [4.78, 5) is 12.5. The number of ether oxygens (including phenoxy) is 1. The van der Waals surface area contributed by atoms with E-state index < -0.39 is 0 Å². The molecule has 1 aromatic heterocycles.